The molecule has 0 aliphatic carbocycles. The standard InChI is InChI=1S/C19H16ClN5O4/c1-11(26)21-15-5-2-4-13(17(15)20)19(28)25-9-3-8-24(25)18(27)12-6-7-14-16(10-12)23-29-22-14/h2,4-7,10H,3,8-9H2,1H3,(H,21,26). The Bertz CT molecular complexity index is 1130. The number of aromatic nitrogens is 2. The number of amides is 3. The van der Waals surface area contributed by atoms with E-state index in [1.165, 1.54) is 16.9 Å². The Morgan fingerprint density at radius 1 is 1.03 bits per heavy atom. The molecule has 0 spiro atoms. The highest BCUT2D eigenvalue weighted by Gasteiger charge is 2.33. The van der Waals surface area contributed by atoms with Gasteiger partial charge >= 0.3 is 0 Å². The third-order valence-corrected chi connectivity index (χ3v) is 4.95. The number of fused-ring (bicyclic) bond motifs is 1. The molecule has 1 fully saturated rings. The fourth-order valence-electron chi connectivity index (χ4n) is 3.22. The Balaban J connectivity index is 1.62. The average Bonchev–Trinajstić information content (AvgIpc) is 3.37. The van der Waals surface area contributed by atoms with Gasteiger partial charge in [-0.3, -0.25) is 14.4 Å². The molecule has 4 rings (SSSR count). The second-order valence-electron chi connectivity index (χ2n) is 6.53. The van der Waals surface area contributed by atoms with Gasteiger partial charge in [-0.2, -0.15) is 0 Å². The molecule has 29 heavy (non-hydrogen) atoms. The van der Waals surface area contributed by atoms with Crippen molar-refractivity contribution in [2.45, 2.75) is 13.3 Å². The number of hydrogen-bond donors (Lipinski definition) is 1. The topological polar surface area (TPSA) is 109 Å². The molecule has 10 heteroatoms. The number of hydrogen-bond acceptors (Lipinski definition) is 6. The van der Waals surface area contributed by atoms with Crippen molar-refractivity contribution in [2.75, 3.05) is 18.4 Å². The maximum absolute atomic E-state index is 13.1. The lowest BCUT2D eigenvalue weighted by Gasteiger charge is -2.28. The molecule has 0 bridgehead atoms. The molecular weight excluding hydrogens is 398 g/mol. The zero-order chi connectivity index (χ0) is 20.5. The Morgan fingerprint density at radius 2 is 1.76 bits per heavy atom. The minimum Gasteiger partial charge on any atom is -0.325 e. The Kier molecular flexibility index (Phi) is 4.89. The molecule has 1 saturated heterocycles. The van der Waals surface area contributed by atoms with Crippen molar-refractivity contribution in [1.29, 1.82) is 0 Å². The van der Waals surface area contributed by atoms with Crippen molar-refractivity contribution in [3.05, 3.63) is 52.5 Å². The van der Waals surface area contributed by atoms with Crippen LogP contribution < -0.4 is 5.32 Å². The summed E-state index contributed by atoms with van der Waals surface area (Å²) in [5.41, 5.74) is 1.90. The number of anilines is 1. The summed E-state index contributed by atoms with van der Waals surface area (Å²) in [7, 11) is 0. The number of carbonyl (C=O) groups excluding carboxylic acids is 3. The van der Waals surface area contributed by atoms with E-state index < -0.39 is 5.91 Å². The van der Waals surface area contributed by atoms with Crippen molar-refractivity contribution >= 4 is 46.0 Å². The minimum absolute atomic E-state index is 0.127. The molecule has 3 aromatic rings. The van der Waals surface area contributed by atoms with Crippen molar-refractivity contribution in [3.8, 4) is 0 Å². The van der Waals surface area contributed by atoms with Gasteiger partial charge in [-0.05, 0) is 47.1 Å². The summed E-state index contributed by atoms with van der Waals surface area (Å²) >= 11 is 6.33. The summed E-state index contributed by atoms with van der Waals surface area (Å²) in [6.45, 7) is 2.12. The van der Waals surface area contributed by atoms with E-state index in [0.717, 1.165) is 0 Å². The second-order valence-corrected chi connectivity index (χ2v) is 6.90. The number of nitrogens with zero attached hydrogens (tertiary/aromatic N) is 4. The van der Waals surface area contributed by atoms with E-state index in [1.807, 2.05) is 0 Å². The first-order valence-electron chi connectivity index (χ1n) is 8.88. The lowest BCUT2D eigenvalue weighted by molar-refractivity contribution is -0.114. The summed E-state index contributed by atoms with van der Waals surface area (Å²) in [6, 6.07) is 9.60. The Labute approximate surface area is 170 Å². The highest BCUT2D eigenvalue weighted by molar-refractivity contribution is 6.36. The molecule has 1 N–H and O–H groups in total. The number of benzene rings is 2. The second kappa shape index (κ2) is 7.51. The average molecular weight is 414 g/mol. The highest BCUT2D eigenvalue weighted by Crippen LogP contribution is 2.29. The van der Waals surface area contributed by atoms with Gasteiger partial charge in [0.05, 0.1) is 16.3 Å². The van der Waals surface area contributed by atoms with Gasteiger partial charge in [0.2, 0.25) is 5.91 Å². The number of hydrazine groups is 1. The van der Waals surface area contributed by atoms with Crippen molar-refractivity contribution in [1.82, 2.24) is 20.3 Å². The molecular formula is C19H16ClN5O4. The Hall–Kier alpha value is -3.46. The molecule has 2 aromatic carbocycles. The van der Waals surface area contributed by atoms with Crippen LogP contribution in [-0.2, 0) is 4.79 Å². The van der Waals surface area contributed by atoms with Gasteiger partial charge in [0.25, 0.3) is 11.8 Å². The van der Waals surface area contributed by atoms with E-state index in [1.54, 1.807) is 36.4 Å². The van der Waals surface area contributed by atoms with E-state index in [0.29, 0.717) is 41.8 Å². The van der Waals surface area contributed by atoms with Crippen LogP contribution in [0.5, 0.6) is 0 Å². The van der Waals surface area contributed by atoms with Crippen LogP contribution in [0.2, 0.25) is 5.02 Å². The summed E-state index contributed by atoms with van der Waals surface area (Å²) in [5, 5.41) is 12.9. The lowest BCUT2D eigenvalue weighted by Crippen LogP contribution is -2.45. The molecule has 0 saturated carbocycles. The van der Waals surface area contributed by atoms with Gasteiger partial charge in [-0.25, -0.2) is 14.6 Å². The van der Waals surface area contributed by atoms with Crippen LogP contribution in [0.3, 0.4) is 0 Å². The lowest BCUT2D eigenvalue weighted by atomic mass is 10.1. The van der Waals surface area contributed by atoms with Crippen molar-refractivity contribution < 1.29 is 19.0 Å². The maximum atomic E-state index is 13.1. The van der Waals surface area contributed by atoms with Crippen molar-refractivity contribution in [2.24, 2.45) is 0 Å². The minimum atomic E-state index is -0.419. The summed E-state index contributed by atoms with van der Waals surface area (Å²) in [6.07, 6.45) is 0.633. The quantitative estimate of drug-likeness (QED) is 0.707. The SMILES string of the molecule is CC(=O)Nc1cccc(C(=O)N2CCCN2C(=O)c2ccc3nonc3c2)c1Cl. The molecule has 148 valence electrons. The molecule has 2 heterocycles. The molecule has 1 aliphatic rings. The summed E-state index contributed by atoms with van der Waals surface area (Å²) in [5.74, 6) is -1.06. The highest BCUT2D eigenvalue weighted by atomic mass is 35.5. The maximum Gasteiger partial charge on any atom is 0.274 e. The zero-order valence-electron chi connectivity index (χ0n) is 15.4. The third kappa shape index (κ3) is 3.52. The van der Waals surface area contributed by atoms with Crippen LogP contribution >= 0.6 is 11.6 Å². The van der Waals surface area contributed by atoms with E-state index >= 15 is 0 Å². The smallest absolute Gasteiger partial charge is 0.274 e. The van der Waals surface area contributed by atoms with Gasteiger partial charge in [-0.15, -0.1) is 0 Å². The predicted molar refractivity (Wildman–Crippen MR) is 104 cm³/mol. The first-order valence-corrected chi connectivity index (χ1v) is 9.25. The molecule has 0 unspecified atom stereocenters. The van der Waals surface area contributed by atoms with Gasteiger partial charge in [0.1, 0.15) is 11.0 Å². The normalized spacial score (nSPS) is 13.7. The van der Waals surface area contributed by atoms with Gasteiger partial charge < -0.3 is 5.32 Å². The first-order chi connectivity index (χ1) is 14.0. The molecule has 0 atom stereocenters. The van der Waals surface area contributed by atoms with Gasteiger partial charge in [0, 0.05) is 25.6 Å². The van der Waals surface area contributed by atoms with E-state index in [4.69, 9.17) is 11.6 Å². The molecule has 3 amide bonds. The zero-order valence-corrected chi connectivity index (χ0v) is 16.1. The van der Waals surface area contributed by atoms with Gasteiger partial charge in [0.15, 0.2) is 0 Å². The number of halogens is 1. The fourth-order valence-corrected chi connectivity index (χ4v) is 3.47. The van der Waals surface area contributed by atoms with Crippen LogP contribution in [0.1, 0.15) is 34.1 Å². The van der Waals surface area contributed by atoms with E-state index in [-0.39, 0.29) is 22.4 Å². The van der Waals surface area contributed by atoms with Crippen LogP contribution in [-0.4, -0.2) is 51.1 Å². The number of rotatable bonds is 3. The summed E-state index contributed by atoms with van der Waals surface area (Å²) in [4.78, 5) is 37.5. The predicted octanol–water partition coefficient (Wildman–Crippen LogP) is 2.74. The monoisotopic (exact) mass is 413 g/mol. The van der Waals surface area contributed by atoms with Crippen LogP contribution in [0.4, 0.5) is 5.69 Å². The number of carbonyl (C=O) groups is 3. The fraction of sp³-hybridized carbons (Fsp3) is 0.211. The molecule has 9 nitrogen and oxygen atoms in total. The molecule has 1 aliphatic heterocycles. The molecule has 0 radical (unpaired) electrons. The van der Waals surface area contributed by atoms with E-state index in [2.05, 4.69) is 20.3 Å². The Morgan fingerprint density at radius 3 is 2.52 bits per heavy atom. The van der Waals surface area contributed by atoms with E-state index in [9.17, 15) is 14.4 Å². The van der Waals surface area contributed by atoms with Crippen LogP contribution in [0.25, 0.3) is 11.0 Å². The van der Waals surface area contributed by atoms with Crippen LogP contribution in [0.15, 0.2) is 41.0 Å². The van der Waals surface area contributed by atoms with Crippen molar-refractivity contribution in [3.63, 3.8) is 0 Å². The first kappa shape index (κ1) is 18.9. The van der Waals surface area contributed by atoms with Crippen LogP contribution in [0, 0.1) is 0 Å². The third-order valence-electron chi connectivity index (χ3n) is 4.54. The summed E-state index contributed by atoms with van der Waals surface area (Å²) < 4.78 is 4.66. The largest absolute Gasteiger partial charge is 0.325 e. The van der Waals surface area contributed by atoms with Gasteiger partial charge in [-0.1, -0.05) is 17.7 Å². The number of nitrogens with one attached hydrogen (secondary N) is 1. The molecule has 1 aromatic heterocycles.